The summed E-state index contributed by atoms with van der Waals surface area (Å²) in [5.74, 6) is 3.27. The number of hydrogen-bond donors (Lipinski definition) is 1. The number of aliphatic hydroxyl groups is 1. The van der Waals surface area contributed by atoms with Crippen molar-refractivity contribution in [1.29, 1.82) is 0 Å². The van der Waals surface area contributed by atoms with Crippen LogP contribution in [-0.4, -0.2) is 11.2 Å². The maximum Gasteiger partial charge on any atom is 0.0747 e. The fourth-order valence-electron chi connectivity index (χ4n) is 6.83. The Hall–Kier alpha value is -0.300. The molecular formula is C19H32O. The van der Waals surface area contributed by atoms with Crippen molar-refractivity contribution in [3.63, 3.8) is 0 Å². The Morgan fingerprint density at radius 1 is 1.10 bits per heavy atom. The van der Waals surface area contributed by atoms with Gasteiger partial charge in [0.1, 0.15) is 0 Å². The first-order valence-corrected chi connectivity index (χ1v) is 8.66. The molecule has 3 saturated carbocycles. The van der Waals surface area contributed by atoms with Gasteiger partial charge in [0.15, 0.2) is 0 Å². The van der Waals surface area contributed by atoms with Gasteiger partial charge in [-0.15, -0.1) is 0 Å². The summed E-state index contributed by atoms with van der Waals surface area (Å²) < 4.78 is 0. The third kappa shape index (κ3) is 1.78. The van der Waals surface area contributed by atoms with Crippen LogP contribution < -0.4 is 0 Å². The molecule has 1 nitrogen and oxygen atoms in total. The predicted molar refractivity (Wildman–Crippen MR) is 84.4 cm³/mol. The first kappa shape index (κ1) is 14.6. The Balaban J connectivity index is 2.03. The molecule has 3 rings (SSSR count). The first-order chi connectivity index (χ1) is 9.30. The van der Waals surface area contributed by atoms with Crippen LogP contribution in [0.25, 0.3) is 0 Å². The van der Waals surface area contributed by atoms with Crippen molar-refractivity contribution in [1.82, 2.24) is 0 Å². The first-order valence-electron chi connectivity index (χ1n) is 8.66. The Morgan fingerprint density at radius 3 is 2.50 bits per heavy atom. The summed E-state index contributed by atoms with van der Waals surface area (Å²) >= 11 is 0. The van der Waals surface area contributed by atoms with Gasteiger partial charge >= 0.3 is 0 Å². The van der Waals surface area contributed by atoms with Crippen LogP contribution in [0, 0.1) is 34.5 Å². The second kappa shape index (κ2) is 4.60. The average molecular weight is 276 g/mol. The van der Waals surface area contributed by atoms with Crippen molar-refractivity contribution >= 4 is 0 Å². The summed E-state index contributed by atoms with van der Waals surface area (Å²) in [5, 5.41) is 10.2. The maximum absolute atomic E-state index is 10.2. The van der Waals surface area contributed by atoms with E-state index in [9.17, 15) is 5.11 Å². The Labute approximate surface area is 124 Å². The molecule has 114 valence electrons. The minimum absolute atomic E-state index is 0.257. The van der Waals surface area contributed by atoms with Gasteiger partial charge in [-0.25, -0.2) is 0 Å². The molecule has 0 saturated heterocycles. The topological polar surface area (TPSA) is 20.2 Å². The molecule has 3 unspecified atom stereocenters. The molecule has 1 N–H and O–H groups in total. The largest absolute Gasteiger partial charge is 0.389 e. The van der Waals surface area contributed by atoms with E-state index in [4.69, 9.17) is 0 Å². The lowest BCUT2D eigenvalue weighted by Crippen LogP contribution is -2.38. The van der Waals surface area contributed by atoms with Crippen LogP contribution in [0.4, 0.5) is 0 Å². The lowest BCUT2D eigenvalue weighted by Gasteiger charge is -2.45. The summed E-state index contributed by atoms with van der Waals surface area (Å²) in [6, 6.07) is 0. The molecule has 3 fully saturated rings. The molecule has 0 spiro atoms. The van der Waals surface area contributed by atoms with E-state index in [-0.39, 0.29) is 6.10 Å². The van der Waals surface area contributed by atoms with Crippen molar-refractivity contribution in [2.24, 2.45) is 34.5 Å². The van der Waals surface area contributed by atoms with Gasteiger partial charge in [0, 0.05) is 0 Å². The normalized spacial score (nSPS) is 56.0. The van der Waals surface area contributed by atoms with Crippen LogP contribution in [0.3, 0.4) is 0 Å². The van der Waals surface area contributed by atoms with Crippen molar-refractivity contribution in [3.8, 4) is 0 Å². The van der Waals surface area contributed by atoms with Crippen LogP contribution in [-0.2, 0) is 0 Å². The Morgan fingerprint density at radius 2 is 1.80 bits per heavy atom. The van der Waals surface area contributed by atoms with Gasteiger partial charge in [0.05, 0.1) is 6.10 Å². The van der Waals surface area contributed by atoms with E-state index < -0.39 is 0 Å². The zero-order valence-corrected chi connectivity index (χ0v) is 13.8. The Kier molecular flexibility index (Phi) is 3.36. The number of aliphatic hydroxyl groups excluding tert-OH is 1. The summed E-state index contributed by atoms with van der Waals surface area (Å²) in [5.41, 5.74) is 1.94. The van der Waals surface area contributed by atoms with E-state index in [0.717, 1.165) is 42.1 Å². The molecule has 0 heterocycles. The predicted octanol–water partition coefficient (Wildman–Crippen LogP) is 4.80. The van der Waals surface area contributed by atoms with Crippen molar-refractivity contribution in [2.75, 3.05) is 0 Å². The van der Waals surface area contributed by atoms with E-state index in [1.807, 2.05) is 0 Å². The number of fused-ring (bicyclic) bond motifs is 3. The molecule has 0 aromatic carbocycles. The Bertz CT molecular complexity index is 414. The third-order valence-corrected chi connectivity index (χ3v) is 7.73. The second-order valence-corrected chi connectivity index (χ2v) is 8.68. The van der Waals surface area contributed by atoms with Gasteiger partial charge < -0.3 is 5.11 Å². The van der Waals surface area contributed by atoms with Crippen molar-refractivity contribution in [2.45, 2.75) is 72.3 Å². The maximum atomic E-state index is 10.2. The lowest BCUT2D eigenvalue weighted by molar-refractivity contribution is 0.0341. The molecule has 0 bridgehead atoms. The van der Waals surface area contributed by atoms with E-state index in [0.29, 0.717) is 10.8 Å². The SMILES string of the molecule is C=C1C[C@]2(C)C(CC[C@H]1O)C1(C)CCC[C@H](C)C1[C@@H]2C. The number of hydrogen-bond acceptors (Lipinski definition) is 1. The molecule has 1 heteroatoms. The fourth-order valence-corrected chi connectivity index (χ4v) is 6.83. The van der Waals surface area contributed by atoms with Crippen LogP contribution in [0.15, 0.2) is 12.2 Å². The quantitative estimate of drug-likeness (QED) is 0.630. The highest BCUT2D eigenvalue weighted by Crippen LogP contribution is 2.70. The average Bonchev–Trinajstić information content (AvgIpc) is 2.44. The molecule has 3 aliphatic rings. The van der Waals surface area contributed by atoms with E-state index in [1.165, 1.54) is 25.7 Å². The van der Waals surface area contributed by atoms with Gasteiger partial charge in [-0.05, 0) is 65.8 Å². The molecule has 7 atom stereocenters. The zero-order valence-electron chi connectivity index (χ0n) is 13.8. The lowest BCUT2D eigenvalue weighted by atomic mass is 9.59. The van der Waals surface area contributed by atoms with Crippen LogP contribution in [0.5, 0.6) is 0 Å². The van der Waals surface area contributed by atoms with Gasteiger partial charge in [-0.2, -0.15) is 0 Å². The summed E-state index contributed by atoms with van der Waals surface area (Å²) in [7, 11) is 0. The molecule has 0 radical (unpaired) electrons. The highest BCUT2D eigenvalue weighted by atomic mass is 16.3. The summed E-state index contributed by atoms with van der Waals surface area (Å²) in [4.78, 5) is 0. The van der Waals surface area contributed by atoms with E-state index >= 15 is 0 Å². The van der Waals surface area contributed by atoms with E-state index in [1.54, 1.807) is 0 Å². The molecule has 0 amide bonds. The third-order valence-electron chi connectivity index (χ3n) is 7.73. The molecule has 0 aromatic heterocycles. The molecule has 20 heavy (non-hydrogen) atoms. The summed E-state index contributed by atoms with van der Waals surface area (Å²) in [6.45, 7) is 14.3. The van der Waals surface area contributed by atoms with Crippen LogP contribution in [0.2, 0.25) is 0 Å². The van der Waals surface area contributed by atoms with Crippen LogP contribution in [0.1, 0.15) is 66.2 Å². The highest BCUT2D eigenvalue weighted by molar-refractivity contribution is 5.18. The second-order valence-electron chi connectivity index (χ2n) is 8.68. The minimum atomic E-state index is -0.257. The van der Waals surface area contributed by atoms with Crippen molar-refractivity contribution < 1.29 is 5.11 Å². The molecule has 0 aliphatic heterocycles. The van der Waals surface area contributed by atoms with E-state index in [2.05, 4.69) is 34.3 Å². The molecule has 3 aliphatic carbocycles. The standard InChI is InChI=1S/C19H32O/c1-12-7-6-10-18(4)16-9-8-15(20)13(2)11-19(16,5)14(3)17(12)18/h12,14-17,20H,2,6-11H2,1,3-5H3/t12-,14-,15+,16?,17?,18?,19-/m0/s1. The van der Waals surface area contributed by atoms with Crippen molar-refractivity contribution in [3.05, 3.63) is 12.2 Å². The van der Waals surface area contributed by atoms with Crippen LogP contribution >= 0.6 is 0 Å². The molecule has 0 aromatic rings. The molecular weight excluding hydrogens is 244 g/mol. The zero-order chi connectivity index (χ0) is 14.7. The number of rotatable bonds is 0. The monoisotopic (exact) mass is 276 g/mol. The highest BCUT2D eigenvalue weighted by Gasteiger charge is 2.63. The summed E-state index contributed by atoms with van der Waals surface area (Å²) in [6.07, 6.45) is 7.12. The van der Waals surface area contributed by atoms with Gasteiger partial charge in [0.2, 0.25) is 0 Å². The van der Waals surface area contributed by atoms with Gasteiger partial charge in [-0.1, -0.05) is 47.1 Å². The van der Waals surface area contributed by atoms with Gasteiger partial charge in [0.25, 0.3) is 0 Å². The minimum Gasteiger partial charge on any atom is -0.389 e. The fraction of sp³-hybridized carbons (Fsp3) is 0.895. The smallest absolute Gasteiger partial charge is 0.0747 e. The van der Waals surface area contributed by atoms with Gasteiger partial charge in [-0.3, -0.25) is 0 Å².